The SMILES string of the molecule is Cc1ccccc1CCC1CCCN(C(=O)c2cnc[nH]c2=O)C1. The van der Waals surface area contributed by atoms with Crippen LogP contribution < -0.4 is 5.56 Å². The molecule has 0 spiro atoms. The number of rotatable bonds is 4. The summed E-state index contributed by atoms with van der Waals surface area (Å²) in [5.74, 6) is 0.281. The van der Waals surface area contributed by atoms with E-state index >= 15 is 0 Å². The van der Waals surface area contributed by atoms with Crippen LogP contribution in [0.2, 0.25) is 0 Å². The third-order valence-electron chi connectivity index (χ3n) is 4.84. The zero-order valence-corrected chi connectivity index (χ0v) is 14.0. The lowest BCUT2D eigenvalue weighted by atomic mass is 9.90. The molecule has 126 valence electrons. The van der Waals surface area contributed by atoms with E-state index < -0.39 is 0 Å². The number of benzene rings is 1. The zero-order valence-electron chi connectivity index (χ0n) is 14.0. The number of likely N-dealkylation sites (tertiary alicyclic amines) is 1. The van der Waals surface area contributed by atoms with Crippen LogP contribution >= 0.6 is 0 Å². The van der Waals surface area contributed by atoms with Crippen molar-refractivity contribution in [1.29, 1.82) is 0 Å². The topological polar surface area (TPSA) is 66.1 Å². The van der Waals surface area contributed by atoms with Gasteiger partial charge in [0.2, 0.25) is 0 Å². The minimum absolute atomic E-state index is 0.136. The number of hydrogen-bond donors (Lipinski definition) is 1. The van der Waals surface area contributed by atoms with Crippen molar-refractivity contribution in [3.63, 3.8) is 0 Å². The molecule has 1 aromatic carbocycles. The van der Waals surface area contributed by atoms with Crippen LogP contribution in [-0.4, -0.2) is 33.9 Å². The Kier molecular flexibility index (Phi) is 5.08. The smallest absolute Gasteiger partial charge is 0.263 e. The molecule has 1 atom stereocenters. The highest BCUT2D eigenvalue weighted by Gasteiger charge is 2.25. The maximum Gasteiger partial charge on any atom is 0.263 e. The second-order valence-electron chi connectivity index (χ2n) is 6.52. The van der Waals surface area contributed by atoms with Crippen molar-refractivity contribution in [2.45, 2.75) is 32.6 Å². The monoisotopic (exact) mass is 325 g/mol. The first kappa shape index (κ1) is 16.4. The van der Waals surface area contributed by atoms with Gasteiger partial charge in [0.1, 0.15) is 5.56 Å². The van der Waals surface area contributed by atoms with Crippen LogP contribution in [-0.2, 0) is 6.42 Å². The second kappa shape index (κ2) is 7.43. The van der Waals surface area contributed by atoms with Gasteiger partial charge in [0, 0.05) is 19.3 Å². The molecule has 5 nitrogen and oxygen atoms in total. The van der Waals surface area contributed by atoms with Gasteiger partial charge in [-0.25, -0.2) is 4.98 Å². The van der Waals surface area contributed by atoms with Crippen LogP contribution in [0.5, 0.6) is 0 Å². The summed E-state index contributed by atoms with van der Waals surface area (Å²) in [5, 5.41) is 0. The van der Waals surface area contributed by atoms with Crippen molar-refractivity contribution in [3.8, 4) is 0 Å². The summed E-state index contributed by atoms with van der Waals surface area (Å²) in [4.78, 5) is 32.5. The minimum atomic E-state index is -0.364. The number of H-pyrrole nitrogens is 1. The van der Waals surface area contributed by atoms with Crippen molar-refractivity contribution < 1.29 is 4.79 Å². The molecule has 1 amide bonds. The molecule has 0 saturated carbocycles. The van der Waals surface area contributed by atoms with Crippen LogP contribution in [0.15, 0.2) is 41.6 Å². The molecular formula is C19H23N3O2. The van der Waals surface area contributed by atoms with E-state index in [0.29, 0.717) is 12.5 Å². The average Bonchev–Trinajstić information content (AvgIpc) is 2.61. The van der Waals surface area contributed by atoms with Gasteiger partial charge in [0.15, 0.2) is 0 Å². The predicted molar refractivity (Wildman–Crippen MR) is 93.0 cm³/mol. The van der Waals surface area contributed by atoms with Gasteiger partial charge in [-0.3, -0.25) is 9.59 Å². The fourth-order valence-electron chi connectivity index (χ4n) is 3.40. The molecule has 0 bridgehead atoms. The molecule has 1 unspecified atom stereocenters. The predicted octanol–water partition coefficient (Wildman–Crippen LogP) is 2.56. The van der Waals surface area contributed by atoms with Crippen molar-refractivity contribution in [1.82, 2.24) is 14.9 Å². The molecule has 0 radical (unpaired) electrons. The lowest BCUT2D eigenvalue weighted by Crippen LogP contribution is -2.42. The number of aromatic nitrogens is 2. The molecule has 24 heavy (non-hydrogen) atoms. The van der Waals surface area contributed by atoms with Gasteiger partial charge in [-0.05, 0) is 49.7 Å². The van der Waals surface area contributed by atoms with E-state index in [2.05, 4.69) is 41.2 Å². The molecule has 5 heteroatoms. The molecule has 1 aliphatic heterocycles. The number of nitrogens with zero attached hydrogens (tertiary/aromatic N) is 2. The summed E-state index contributed by atoms with van der Waals surface area (Å²) in [7, 11) is 0. The van der Waals surface area contributed by atoms with Gasteiger partial charge in [-0.1, -0.05) is 24.3 Å². The molecule has 1 N–H and O–H groups in total. The van der Waals surface area contributed by atoms with E-state index in [1.165, 1.54) is 23.7 Å². The minimum Gasteiger partial charge on any atom is -0.338 e. The zero-order chi connectivity index (χ0) is 16.9. The largest absolute Gasteiger partial charge is 0.338 e. The van der Waals surface area contributed by atoms with Crippen LogP contribution in [0.4, 0.5) is 0 Å². The summed E-state index contributed by atoms with van der Waals surface area (Å²) < 4.78 is 0. The highest BCUT2D eigenvalue weighted by atomic mass is 16.2. The number of aromatic amines is 1. The second-order valence-corrected chi connectivity index (χ2v) is 6.52. The molecule has 3 rings (SSSR count). The van der Waals surface area contributed by atoms with Crippen molar-refractivity contribution in [3.05, 3.63) is 63.8 Å². The fraction of sp³-hybridized carbons (Fsp3) is 0.421. The molecule has 1 saturated heterocycles. The molecule has 1 fully saturated rings. The molecule has 2 heterocycles. The first-order valence-corrected chi connectivity index (χ1v) is 8.51. The van der Waals surface area contributed by atoms with E-state index in [4.69, 9.17) is 0 Å². The van der Waals surface area contributed by atoms with Gasteiger partial charge < -0.3 is 9.88 Å². The van der Waals surface area contributed by atoms with Gasteiger partial charge in [0.25, 0.3) is 11.5 Å². The maximum absolute atomic E-state index is 12.6. The van der Waals surface area contributed by atoms with Crippen molar-refractivity contribution in [2.75, 3.05) is 13.1 Å². The highest BCUT2D eigenvalue weighted by Crippen LogP contribution is 2.23. The summed E-state index contributed by atoms with van der Waals surface area (Å²) in [6.07, 6.45) is 6.89. The lowest BCUT2D eigenvalue weighted by Gasteiger charge is -2.32. The lowest BCUT2D eigenvalue weighted by molar-refractivity contribution is 0.0666. The first-order valence-electron chi connectivity index (χ1n) is 8.51. The number of aryl methyl sites for hydroxylation is 2. The van der Waals surface area contributed by atoms with E-state index in [0.717, 1.165) is 32.2 Å². The van der Waals surface area contributed by atoms with Crippen molar-refractivity contribution in [2.24, 2.45) is 5.92 Å². The Balaban J connectivity index is 1.62. The third-order valence-corrected chi connectivity index (χ3v) is 4.84. The maximum atomic E-state index is 12.6. The summed E-state index contributed by atoms with van der Waals surface area (Å²) in [5.41, 5.74) is 2.47. The molecular weight excluding hydrogens is 302 g/mol. The number of carbonyl (C=O) groups excluding carboxylic acids is 1. The summed E-state index contributed by atoms with van der Waals surface area (Å²) in [6.45, 7) is 3.58. The molecule has 2 aromatic rings. The van der Waals surface area contributed by atoms with Gasteiger partial charge >= 0.3 is 0 Å². The Labute approximate surface area is 141 Å². The van der Waals surface area contributed by atoms with Crippen LogP contribution in [0.1, 0.15) is 40.7 Å². The highest BCUT2D eigenvalue weighted by molar-refractivity contribution is 5.93. The fourth-order valence-corrected chi connectivity index (χ4v) is 3.40. The number of carbonyl (C=O) groups is 1. The summed E-state index contributed by atoms with van der Waals surface area (Å²) >= 11 is 0. The Morgan fingerprint density at radius 2 is 2.21 bits per heavy atom. The van der Waals surface area contributed by atoms with E-state index in [1.807, 2.05) is 0 Å². The normalized spacial score (nSPS) is 17.7. The first-order chi connectivity index (χ1) is 11.6. The number of hydrogen-bond acceptors (Lipinski definition) is 3. The quantitative estimate of drug-likeness (QED) is 0.939. The van der Waals surface area contributed by atoms with E-state index in [1.54, 1.807) is 4.90 Å². The van der Waals surface area contributed by atoms with Gasteiger partial charge in [-0.15, -0.1) is 0 Å². The average molecular weight is 325 g/mol. The van der Waals surface area contributed by atoms with Crippen LogP contribution in [0.25, 0.3) is 0 Å². The molecule has 1 aromatic heterocycles. The Hall–Kier alpha value is -2.43. The standard InChI is InChI=1S/C19H23N3O2/c1-14-5-2-3-7-16(14)9-8-15-6-4-10-22(12-15)19(24)17-11-20-13-21-18(17)23/h2-3,5,7,11,13,15H,4,6,8-10,12H2,1H3,(H,20,21,23). The number of nitrogens with one attached hydrogen (secondary N) is 1. The van der Waals surface area contributed by atoms with Gasteiger partial charge in [0.05, 0.1) is 6.33 Å². The van der Waals surface area contributed by atoms with Gasteiger partial charge in [-0.2, -0.15) is 0 Å². The number of amides is 1. The molecule has 1 aliphatic rings. The van der Waals surface area contributed by atoms with Crippen molar-refractivity contribution >= 4 is 5.91 Å². The van der Waals surface area contributed by atoms with E-state index in [9.17, 15) is 9.59 Å². The number of piperidine rings is 1. The van der Waals surface area contributed by atoms with Crippen LogP contribution in [0.3, 0.4) is 0 Å². The van der Waals surface area contributed by atoms with E-state index in [-0.39, 0.29) is 17.0 Å². The Morgan fingerprint density at radius 3 is 3.00 bits per heavy atom. The molecule has 0 aliphatic carbocycles. The Morgan fingerprint density at radius 1 is 1.38 bits per heavy atom. The Bertz CT molecular complexity index is 769. The summed E-state index contributed by atoms with van der Waals surface area (Å²) in [6, 6.07) is 8.45. The van der Waals surface area contributed by atoms with Crippen LogP contribution in [0, 0.1) is 12.8 Å². The third kappa shape index (κ3) is 3.72.